The first-order valence-electron chi connectivity index (χ1n) is 3.92. The Bertz CT molecular complexity index is 363. The maximum atomic E-state index is 4.04. The smallest absolute Gasteiger partial charge is 0.0509 e. The van der Waals surface area contributed by atoms with E-state index < -0.39 is 0 Å². The number of hydrogen-bond donors (Lipinski definition) is 0. The van der Waals surface area contributed by atoms with E-state index in [0.29, 0.717) is 0 Å². The predicted molar refractivity (Wildman–Crippen MR) is 48.3 cm³/mol. The Morgan fingerprint density at radius 1 is 1.25 bits per heavy atom. The van der Waals surface area contributed by atoms with E-state index in [2.05, 4.69) is 16.5 Å². The molecule has 0 unspecified atom stereocenters. The molecule has 12 heavy (non-hydrogen) atoms. The van der Waals surface area contributed by atoms with Crippen LogP contribution in [-0.2, 0) is 0 Å². The van der Waals surface area contributed by atoms with E-state index in [4.69, 9.17) is 0 Å². The highest BCUT2D eigenvalue weighted by Crippen LogP contribution is 2.10. The van der Waals surface area contributed by atoms with E-state index in [1.54, 1.807) is 0 Å². The molecule has 0 N–H and O–H groups in total. The van der Waals surface area contributed by atoms with Crippen molar-refractivity contribution in [2.24, 2.45) is 0 Å². The van der Waals surface area contributed by atoms with E-state index in [9.17, 15) is 0 Å². The zero-order chi connectivity index (χ0) is 8.39. The normalized spacial score (nSPS) is 10.1. The van der Waals surface area contributed by atoms with Gasteiger partial charge in [-0.05, 0) is 30.7 Å². The molecule has 60 valence electrons. The molecule has 0 atom stereocenters. The first kappa shape index (κ1) is 7.10. The average Bonchev–Trinajstić information content (AvgIpc) is 2.57. The minimum Gasteiger partial charge on any atom is -0.323 e. The molecule has 2 heteroatoms. The van der Waals surface area contributed by atoms with Gasteiger partial charge in [0.05, 0.1) is 5.69 Å². The lowest BCUT2D eigenvalue weighted by molar-refractivity contribution is 1.04. The van der Waals surface area contributed by atoms with Crippen molar-refractivity contribution in [3.8, 4) is 5.69 Å². The van der Waals surface area contributed by atoms with Crippen LogP contribution in [0.5, 0.6) is 0 Å². The molecule has 0 aliphatic rings. The van der Waals surface area contributed by atoms with E-state index in [1.165, 1.54) is 11.3 Å². The summed E-state index contributed by atoms with van der Waals surface area (Å²) in [5, 5.41) is 0. The fourth-order valence-electron chi connectivity index (χ4n) is 1.25. The van der Waals surface area contributed by atoms with E-state index >= 15 is 0 Å². The molecule has 0 saturated heterocycles. The second-order valence-corrected chi connectivity index (χ2v) is 2.75. The first-order valence-corrected chi connectivity index (χ1v) is 3.92. The molecule has 2 aromatic rings. The van der Waals surface area contributed by atoms with Gasteiger partial charge < -0.3 is 4.57 Å². The fourth-order valence-corrected chi connectivity index (χ4v) is 1.25. The number of aromatic nitrogens is 2. The van der Waals surface area contributed by atoms with Crippen LogP contribution in [0, 0.1) is 6.92 Å². The maximum Gasteiger partial charge on any atom is 0.0509 e. The topological polar surface area (TPSA) is 17.8 Å². The van der Waals surface area contributed by atoms with Gasteiger partial charge in [-0.2, -0.15) is 0 Å². The number of nitrogens with zero attached hydrogens (tertiary/aromatic N) is 2. The molecule has 0 radical (unpaired) electrons. The number of hydrogen-bond acceptors (Lipinski definition) is 1. The molecule has 2 aromatic heterocycles. The number of pyridine rings is 1. The van der Waals surface area contributed by atoms with Crippen LogP contribution in [0.25, 0.3) is 5.69 Å². The highest BCUT2D eigenvalue weighted by Gasteiger charge is 1.96. The van der Waals surface area contributed by atoms with Crippen LogP contribution >= 0.6 is 0 Å². The van der Waals surface area contributed by atoms with Crippen molar-refractivity contribution in [2.75, 3.05) is 0 Å². The molecule has 0 spiro atoms. The maximum absolute atomic E-state index is 4.04. The van der Waals surface area contributed by atoms with Crippen molar-refractivity contribution >= 4 is 0 Å². The molecule has 0 amide bonds. The SMILES string of the molecule is Cc1cnccc1-n1cccc1. The molecule has 0 aliphatic heterocycles. The van der Waals surface area contributed by atoms with Gasteiger partial charge in [-0.1, -0.05) is 0 Å². The Kier molecular flexibility index (Phi) is 1.67. The van der Waals surface area contributed by atoms with E-state index in [-0.39, 0.29) is 0 Å². The first-order chi connectivity index (χ1) is 5.88. The van der Waals surface area contributed by atoms with Crippen molar-refractivity contribution in [3.63, 3.8) is 0 Å². The summed E-state index contributed by atoms with van der Waals surface area (Å²) in [5.41, 5.74) is 2.38. The van der Waals surface area contributed by atoms with Gasteiger partial charge in [-0.25, -0.2) is 0 Å². The van der Waals surface area contributed by atoms with Gasteiger partial charge in [0.1, 0.15) is 0 Å². The highest BCUT2D eigenvalue weighted by atomic mass is 14.9. The Morgan fingerprint density at radius 2 is 2.00 bits per heavy atom. The van der Waals surface area contributed by atoms with Gasteiger partial charge in [0.25, 0.3) is 0 Å². The monoisotopic (exact) mass is 158 g/mol. The van der Waals surface area contributed by atoms with Gasteiger partial charge in [0.15, 0.2) is 0 Å². The quantitative estimate of drug-likeness (QED) is 0.622. The molecule has 2 rings (SSSR count). The lowest BCUT2D eigenvalue weighted by atomic mass is 10.2. The van der Waals surface area contributed by atoms with Gasteiger partial charge >= 0.3 is 0 Å². The fraction of sp³-hybridized carbons (Fsp3) is 0.100. The van der Waals surface area contributed by atoms with Gasteiger partial charge in [-0.15, -0.1) is 0 Å². The number of aryl methyl sites for hydroxylation is 1. The molecule has 0 saturated carbocycles. The van der Waals surface area contributed by atoms with Crippen LogP contribution < -0.4 is 0 Å². The third kappa shape index (κ3) is 1.11. The second kappa shape index (κ2) is 2.81. The van der Waals surface area contributed by atoms with Crippen molar-refractivity contribution in [1.82, 2.24) is 9.55 Å². The predicted octanol–water partition coefficient (Wildman–Crippen LogP) is 2.18. The highest BCUT2D eigenvalue weighted by molar-refractivity contribution is 5.37. The average molecular weight is 158 g/mol. The molecule has 0 fully saturated rings. The minimum absolute atomic E-state index is 1.19. The summed E-state index contributed by atoms with van der Waals surface area (Å²) < 4.78 is 2.08. The second-order valence-electron chi connectivity index (χ2n) is 2.75. The summed E-state index contributed by atoms with van der Waals surface area (Å²) >= 11 is 0. The van der Waals surface area contributed by atoms with Gasteiger partial charge in [0, 0.05) is 24.8 Å². The standard InChI is InChI=1S/C10H10N2/c1-9-8-11-5-4-10(9)12-6-2-3-7-12/h2-8H,1H3. The lowest BCUT2D eigenvalue weighted by Gasteiger charge is -2.04. The van der Waals surface area contributed by atoms with Crippen LogP contribution in [0.2, 0.25) is 0 Å². The van der Waals surface area contributed by atoms with Crippen LogP contribution in [0.3, 0.4) is 0 Å². The van der Waals surface area contributed by atoms with Crippen LogP contribution in [0.1, 0.15) is 5.56 Å². The zero-order valence-corrected chi connectivity index (χ0v) is 6.94. The summed E-state index contributed by atoms with van der Waals surface area (Å²) in [4.78, 5) is 4.04. The molecule has 2 heterocycles. The van der Waals surface area contributed by atoms with Crippen LogP contribution in [-0.4, -0.2) is 9.55 Å². The third-order valence-corrected chi connectivity index (χ3v) is 1.87. The van der Waals surface area contributed by atoms with Gasteiger partial charge in [-0.3, -0.25) is 4.98 Å². The third-order valence-electron chi connectivity index (χ3n) is 1.87. The van der Waals surface area contributed by atoms with Gasteiger partial charge in [0.2, 0.25) is 0 Å². The summed E-state index contributed by atoms with van der Waals surface area (Å²) in [6, 6.07) is 6.04. The Morgan fingerprint density at radius 3 is 2.67 bits per heavy atom. The molecule has 0 bridgehead atoms. The zero-order valence-electron chi connectivity index (χ0n) is 6.94. The lowest BCUT2D eigenvalue weighted by Crippen LogP contribution is -1.93. The molecular formula is C10H10N2. The Labute approximate surface area is 71.5 Å². The summed E-state index contributed by atoms with van der Waals surface area (Å²) in [5.74, 6) is 0. The molecular weight excluding hydrogens is 148 g/mol. The molecule has 2 nitrogen and oxygen atoms in total. The van der Waals surface area contributed by atoms with E-state index in [0.717, 1.165) is 0 Å². The van der Waals surface area contributed by atoms with Crippen molar-refractivity contribution < 1.29 is 0 Å². The summed E-state index contributed by atoms with van der Waals surface area (Å²) in [6.07, 6.45) is 7.74. The van der Waals surface area contributed by atoms with Crippen molar-refractivity contribution in [3.05, 3.63) is 48.5 Å². The summed E-state index contributed by atoms with van der Waals surface area (Å²) in [7, 11) is 0. The Balaban J connectivity index is 2.55. The van der Waals surface area contributed by atoms with Crippen LogP contribution in [0.15, 0.2) is 43.0 Å². The summed E-state index contributed by atoms with van der Waals surface area (Å²) in [6.45, 7) is 2.06. The van der Waals surface area contributed by atoms with Crippen molar-refractivity contribution in [2.45, 2.75) is 6.92 Å². The largest absolute Gasteiger partial charge is 0.323 e. The molecule has 0 aromatic carbocycles. The Hall–Kier alpha value is -1.57. The van der Waals surface area contributed by atoms with E-state index in [1.807, 2.05) is 43.0 Å². The number of rotatable bonds is 1. The van der Waals surface area contributed by atoms with Crippen LogP contribution in [0.4, 0.5) is 0 Å². The van der Waals surface area contributed by atoms with Crippen molar-refractivity contribution in [1.29, 1.82) is 0 Å². The molecule has 0 aliphatic carbocycles. The minimum atomic E-state index is 1.19.